The van der Waals surface area contributed by atoms with Crippen molar-refractivity contribution >= 4 is 19.7 Å². The smallest absolute Gasteiger partial charge is 0.219 e. The lowest BCUT2D eigenvalue weighted by molar-refractivity contribution is 0.603. The Morgan fingerprint density at radius 2 is 1.23 bits per heavy atom. The number of hydrogen-bond donors (Lipinski definition) is 0. The van der Waals surface area contributed by atoms with E-state index in [1.807, 2.05) is 0 Å². The minimum Gasteiger partial charge on any atom is -0.219 e. The molecule has 112 valence electrons. The normalized spacial score (nSPS) is 11.8. The molecule has 2 rings (SSSR count). The van der Waals surface area contributed by atoms with Gasteiger partial charge in [0.2, 0.25) is 9.84 Å². The van der Waals surface area contributed by atoms with Gasteiger partial charge in [-0.05, 0) is 24.3 Å². The van der Waals surface area contributed by atoms with E-state index in [2.05, 4.69) is 11.2 Å². The summed E-state index contributed by atoms with van der Waals surface area (Å²) in [6.45, 7) is 0. The van der Waals surface area contributed by atoms with Crippen LogP contribution >= 0.6 is 0 Å². The molecule has 2 aromatic carbocycles. The fourth-order valence-corrected chi connectivity index (χ4v) is 3.38. The van der Waals surface area contributed by atoms with Gasteiger partial charge in [0.15, 0.2) is 9.84 Å². The molecule has 0 spiro atoms. The van der Waals surface area contributed by atoms with Gasteiger partial charge >= 0.3 is 0 Å². The van der Waals surface area contributed by atoms with Crippen molar-refractivity contribution in [2.75, 3.05) is 0 Å². The number of rotatable bonds is 3. The summed E-state index contributed by atoms with van der Waals surface area (Å²) in [4.78, 5) is 0.195. The zero-order chi connectivity index (χ0) is 16.1. The van der Waals surface area contributed by atoms with Crippen LogP contribution in [0.5, 0.6) is 0 Å². The zero-order valence-electron chi connectivity index (χ0n) is 11.4. The van der Waals surface area contributed by atoms with Gasteiger partial charge in [0.25, 0.3) is 0 Å². The summed E-state index contributed by atoms with van der Waals surface area (Å²) in [5, 5.41) is 2.96. The summed E-state index contributed by atoms with van der Waals surface area (Å²) in [5.74, 6) is 2.25. The highest BCUT2D eigenvalue weighted by molar-refractivity contribution is 7.96. The van der Waals surface area contributed by atoms with Crippen molar-refractivity contribution in [2.45, 2.75) is 9.79 Å². The van der Waals surface area contributed by atoms with Gasteiger partial charge in [-0.15, -0.1) is 0 Å². The molecule has 4 nitrogen and oxygen atoms in total. The molecule has 0 unspecified atom stereocenters. The average molecular weight is 332 g/mol. The molecule has 0 aliphatic rings. The summed E-state index contributed by atoms with van der Waals surface area (Å²) in [6, 6.07) is 15.5. The van der Waals surface area contributed by atoms with Crippen molar-refractivity contribution < 1.29 is 16.8 Å². The Labute approximate surface area is 130 Å². The van der Waals surface area contributed by atoms with Crippen LogP contribution in [0.25, 0.3) is 0 Å². The van der Waals surface area contributed by atoms with Crippen molar-refractivity contribution in [3.63, 3.8) is 0 Å². The monoisotopic (exact) mass is 332 g/mol. The lowest BCUT2D eigenvalue weighted by atomic mass is 10.4. The first-order chi connectivity index (χ1) is 10.4. The Kier molecular flexibility index (Phi) is 4.81. The third-order valence-corrected chi connectivity index (χ3v) is 5.35. The van der Waals surface area contributed by atoms with Crippen LogP contribution in [0.2, 0.25) is 0 Å². The fourth-order valence-electron chi connectivity index (χ4n) is 1.58. The average Bonchev–Trinajstić information content (AvgIpc) is 2.53. The zero-order valence-corrected chi connectivity index (χ0v) is 13.0. The largest absolute Gasteiger partial charge is 0.245 e. The van der Waals surface area contributed by atoms with E-state index in [1.165, 1.54) is 24.3 Å². The maximum absolute atomic E-state index is 11.9. The Bertz CT molecular complexity index is 931. The van der Waals surface area contributed by atoms with Crippen molar-refractivity contribution in [2.24, 2.45) is 0 Å². The SMILES string of the molecule is O=S(=O)(C#C/C=C/S(=O)(=O)c1ccccc1)c1ccccc1. The molecule has 22 heavy (non-hydrogen) atoms. The molecule has 0 fully saturated rings. The first-order valence-corrected chi connectivity index (χ1v) is 9.24. The minimum absolute atomic E-state index is 0.0711. The van der Waals surface area contributed by atoms with Gasteiger partial charge in [0.05, 0.1) is 9.79 Å². The highest BCUT2D eigenvalue weighted by Crippen LogP contribution is 2.11. The summed E-state index contributed by atoms with van der Waals surface area (Å²) < 4.78 is 47.6. The van der Waals surface area contributed by atoms with Crippen molar-refractivity contribution in [3.05, 3.63) is 72.1 Å². The van der Waals surface area contributed by atoms with E-state index < -0.39 is 19.7 Å². The summed E-state index contributed by atoms with van der Waals surface area (Å²) >= 11 is 0. The van der Waals surface area contributed by atoms with Crippen molar-refractivity contribution in [1.82, 2.24) is 0 Å². The predicted octanol–water partition coefficient (Wildman–Crippen LogP) is 2.41. The second kappa shape index (κ2) is 6.60. The van der Waals surface area contributed by atoms with Crippen molar-refractivity contribution in [3.8, 4) is 11.2 Å². The summed E-state index contributed by atoms with van der Waals surface area (Å²) in [6.07, 6.45) is 1.02. The van der Waals surface area contributed by atoms with E-state index in [0.29, 0.717) is 0 Å². The Morgan fingerprint density at radius 3 is 1.77 bits per heavy atom. The highest BCUT2D eigenvalue weighted by atomic mass is 32.2. The third kappa shape index (κ3) is 4.07. The highest BCUT2D eigenvalue weighted by Gasteiger charge is 2.09. The summed E-state index contributed by atoms with van der Waals surface area (Å²) in [5.41, 5.74) is 0. The van der Waals surface area contributed by atoms with Crippen LogP contribution in [0.3, 0.4) is 0 Å². The predicted molar refractivity (Wildman–Crippen MR) is 84.2 cm³/mol. The molecule has 0 aromatic heterocycles. The first kappa shape index (κ1) is 16.0. The maximum atomic E-state index is 11.9. The number of hydrogen-bond acceptors (Lipinski definition) is 4. The van der Waals surface area contributed by atoms with Crippen LogP contribution in [-0.4, -0.2) is 16.8 Å². The fraction of sp³-hybridized carbons (Fsp3) is 0. The van der Waals surface area contributed by atoms with E-state index in [9.17, 15) is 16.8 Å². The standard InChI is InChI=1S/C16H12O4S2/c17-21(18,15-9-3-1-4-10-15)13-7-8-14-22(19,20)16-11-5-2-6-12-16/h1-7,9-13H/b13-7+. The molecule has 0 aliphatic carbocycles. The molecular weight excluding hydrogens is 320 g/mol. The molecule has 0 saturated carbocycles. The Morgan fingerprint density at radius 1 is 0.727 bits per heavy atom. The maximum Gasteiger partial charge on any atom is 0.245 e. The lowest BCUT2D eigenvalue weighted by Gasteiger charge is -1.96. The topological polar surface area (TPSA) is 68.3 Å². The lowest BCUT2D eigenvalue weighted by Crippen LogP contribution is -1.96. The van der Waals surface area contributed by atoms with Crippen LogP contribution in [0.15, 0.2) is 81.9 Å². The molecule has 2 aromatic rings. The molecular formula is C16H12O4S2. The Hall–Kier alpha value is -2.36. The van der Waals surface area contributed by atoms with Crippen LogP contribution in [0, 0.1) is 11.2 Å². The number of sulfone groups is 2. The van der Waals surface area contributed by atoms with Gasteiger partial charge < -0.3 is 0 Å². The van der Waals surface area contributed by atoms with E-state index in [1.54, 1.807) is 36.4 Å². The minimum atomic E-state index is -3.75. The third-order valence-electron chi connectivity index (χ3n) is 2.65. The van der Waals surface area contributed by atoms with Gasteiger partial charge in [0, 0.05) is 16.7 Å². The molecule has 0 N–H and O–H groups in total. The molecule has 0 amide bonds. The number of allylic oxidation sites excluding steroid dienone is 1. The second-order valence-corrected chi connectivity index (χ2v) is 7.74. The van der Waals surface area contributed by atoms with Gasteiger partial charge in [-0.1, -0.05) is 42.3 Å². The van der Waals surface area contributed by atoms with Crippen molar-refractivity contribution in [1.29, 1.82) is 0 Å². The molecule has 0 radical (unpaired) electrons. The molecule has 0 saturated heterocycles. The molecule has 6 heteroatoms. The molecule has 0 atom stereocenters. The van der Waals surface area contributed by atoms with Gasteiger partial charge in [-0.25, -0.2) is 16.8 Å². The molecule has 0 bridgehead atoms. The van der Waals surface area contributed by atoms with Gasteiger partial charge in [0.1, 0.15) is 0 Å². The van der Waals surface area contributed by atoms with E-state index in [-0.39, 0.29) is 9.79 Å². The quantitative estimate of drug-likeness (QED) is 0.639. The van der Waals surface area contributed by atoms with Gasteiger partial charge in [-0.2, -0.15) is 0 Å². The van der Waals surface area contributed by atoms with Gasteiger partial charge in [-0.3, -0.25) is 0 Å². The molecule has 0 aliphatic heterocycles. The van der Waals surface area contributed by atoms with E-state index in [4.69, 9.17) is 0 Å². The van der Waals surface area contributed by atoms with Crippen LogP contribution in [0.4, 0.5) is 0 Å². The van der Waals surface area contributed by atoms with Crippen LogP contribution in [-0.2, 0) is 19.7 Å². The van der Waals surface area contributed by atoms with Crippen LogP contribution < -0.4 is 0 Å². The second-order valence-electron chi connectivity index (χ2n) is 4.22. The van der Waals surface area contributed by atoms with E-state index >= 15 is 0 Å². The van der Waals surface area contributed by atoms with E-state index in [0.717, 1.165) is 11.5 Å². The summed E-state index contributed by atoms with van der Waals surface area (Å²) in [7, 11) is -7.37. The number of benzene rings is 2. The first-order valence-electron chi connectivity index (χ1n) is 6.21. The Balaban J connectivity index is 2.21. The molecule has 0 heterocycles. The van der Waals surface area contributed by atoms with Crippen LogP contribution in [0.1, 0.15) is 0 Å².